The lowest BCUT2D eigenvalue weighted by Gasteiger charge is -2.27. The topological polar surface area (TPSA) is 58.3 Å². The van der Waals surface area contributed by atoms with E-state index in [0.29, 0.717) is 17.1 Å². The van der Waals surface area contributed by atoms with Gasteiger partial charge in [-0.2, -0.15) is 0 Å². The second-order valence-corrected chi connectivity index (χ2v) is 4.63. The predicted octanol–water partition coefficient (Wildman–Crippen LogP) is 2.50. The predicted molar refractivity (Wildman–Crippen MR) is 65.3 cm³/mol. The van der Waals surface area contributed by atoms with E-state index in [1.807, 2.05) is 19.9 Å². The van der Waals surface area contributed by atoms with Gasteiger partial charge in [-0.05, 0) is 38.5 Å². The van der Waals surface area contributed by atoms with Crippen LogP contribution in [0, 0.1) is 0 Å². The van der Waals surface area contributed by atoms with Crippen molar-refractivity contribution in [1.82, 2.24) is 0 Å². The normalized spacial score (nSPS) is 11.5. The minimum absolute atomic E-state index is 0.145. The Bertz CT molecular complexity index is 339. The lowest BCUT2D eigenvalue weighted by Crippen LogP contribution is -2.32. The molecule has 0 aliphatic heterocycles. The standard InChI is InChI=1S/C11H17ClN2O/c1-11(2,5-6-15)14-10-4-3-8(13)7-9(10)12/h3-4,7,14-15H,5-6,13H2,1-2H3. The first-order chi connectivity index (χ1) is 6.94. The molecule has 0 aliphatic carbocycles. The Morgan fingerprint density at radius 3 is 2.67 bits per heavy atom. The largest absolute Gasteiger partial charge is 0.399 e. The minimum Gasteiger partial charge on any atom is -0.399 e. The lowest BCUT2D eigenvalue weighted by molar-refractivity contribution is 0.261. The van der Waals surface area contributed by atoms with Crippen LogP contribution in [-0.4, -0.2) is 17.3 Å². The van der Waals surface area contributed by atoms with E-state index in [0.717, 1.165) is 5.69 Å². The first kappa shape index (κ1) is 12.1. The van der Waals surface area contributed by atoms with Crippen molar-refractivity contribution in [2.24, 2.45) is 0 Å². The Morgan fingerprint density at radius 1 is 1.47 bits per heavy atom. The van der Waals surface area contributed by atoms with Gasteiger partial charge >= 0.3 is 0 Å². The van der Waals surface area contributed by atoms with Gasteiger partial charge in [0.25, 0.3) is 0 Å². The molecule has 0 saturated heterocycles. The maximum Gasteiger partial charge on any atom is 0.0658 e. The van der Waals surface area contributed by atoms with Crippen LogP contribution in [0.25, 0.3) is 0 Å². The van der Waals surface area contributed by atoms with Crippen molar-refractivity contribution in [3.05, 3.63) is 23.2 Å². The monoisotopic (exact) mass is 228 g/mol. The first-order valence-corrected chi connectivity index (χ1v) is 5.26. The van der Waals surface area contributed by atoms with Crippen LogP contribution in [0.5, 0.6) is 0 Å². The van der Waals surface area contributed by atoms with Gasteiger partial charge in [0.15, 0.2) is 0 Å². The Kier molecular flexibility index (Phi) is 3.83. The van der Waals surface area contributed by atoms with Crippen molar-refractivity contribution in [3.8, 4) is 0 Å². The van der Waals surface area contributed by atoms with E-state index in [-0.39, 0.29) is 12.1 Å². The number of nitrogens with two attached hydrogens (primary N) is 1. The highest BCUT2D eigenvalue weighted by atomic mass is 35.5. The molecule has 1 rings (SSSR count). The molecule has 0 fully saturated rings. The van der Waals surface area contributed by atoms with Crippen LogP contribution in [0.4, 0.5) is 11.4 Å². The molecule has 4 N–H and O–H groups in total. The van der Waals surface area contributed by atoms with Gasteiger partial charge in [-0.25, -0.2) is 0 Å². The van der Waals surface area contributed by atoms with Crippen LogP contribution in [0.15, 0.2) is 18.2 Å². The molecule has 0 amide bonds. The lowest BCUT2D eigenvalue weighted by atomic mass is 10.0. The summed E-state index contributed by atoms with van der Waals surface area (Å²) in [7, 11) is 0. The minimum atomic E-state index is -0.186. The van der Waals surface area contributed by atoms with E-state index in [1.54, 1.807) is 12.1 Å². The molecule has 0 radical (unpaired) electrons. The van der Waals surface area contributed by atoms with E-state index in [2.05, 4.69) is 5.32 Å². The Labute approximate surface area is 95.2 Å². The number of hydrogen-bond acceptors (Lipinski definition) is 3. The van der Waals surface area contributed by atoms with Gasteiger partial charge in [0.2, 0.25) is 0 Å². The van der Waals surface area contributed by atoms with Gasteiger partial charge in [-0.15, -0.1) is 0 Å². The molecule has 1 aromatic carbocycles. The van der Waals surface area contributed by atoms with Crippen molar-refractivity contribution < 1.29 is 5.11 Å². The van der Waals surface area contributed by atoms with Gasteiger partial charge in [-0.3, -0.25) is 0 Å². The highest BCUT2D eigenvalue weighted by molar-refractivity contribution is 6.33. The summed E-state index contributed by atoms with van der Waals surface area (Å²) in [6, 6.07) is 5.35. The average molecular weight is 229 g/mol. The first-order valence-electron chi connectivity index (χ1n) is 4.89. The summed E-state index contributed by atoms with van der Waals surface area (Å²) in [5.74, 6) is 0. The zero-order valence-corrected chi connectivity index (χ0v) is 9.80. The van der Waals surface area contributed by atoms with E-state index in [4.69, 9.17) is 22.4 Å². The highest BCUT2D eigenvalue weighted by Gasteiger charge is 2.17. The number of nitrogens with one attached hydrogen (secondary N) is 1. The molecule has 1 aromatic rings. The molecule has 0 bridgehead atoms. The van der Waals surface area contributed by atoms with Gasteiger partial charge in [-0.1, -0.05) is 11.6 Å². The zero-order valence-electron chi connectivity index (χ0n) is 9.05. The van der Waals surface area contributed by atoms with E-state index in [9.17, 15) is 0 Å². The summed E-state index contributed by atoms with van der Waals surface area (Å²) in [5.41, 5.74) is 6.89. The highest BCUT2D eigenvalue weighted by Crippen LogP contribution is 2.27. The maximum atomic E-state index is 8.90. The van der Waals surface area contributed by atoms with E-state index in [1.165, 1.54) is 0 Å². The van der Waals surface area contributed by atoms with Crippen LogP contribution in [0.1, 0.15) is 20.3 Å². The number of halogens is 1. The molecule has 0 saturated carbocycles. The Hall–Kier alpha value is -0.930. The Morgan fingerprint density at radius 2 is 2.13 bits per heavy atom. The van der Waals surface area contributed by atoms with Crippen LogP contribution < -0.4 is 11.1 Å². The van der Waals surface area contributed by atoms with Crippen LogP contribution in [0.2, 0.25) is 5.02 Å². The summed E-state index contributed by atoms with van der Waals surface area (Å²) < 4.78 is 0. The van der Waals surface area contributed by atoms with Crippen LogP contribution in [0.3, 0.4) is 0 Å². The van der Waals surface area contributed by atoms with E-state index < -0.39 is 0 Å². The Balaban J connectivity index is 2.80. The van der Waals surface area contributed by atoms with Crippen LogP contribution >= 0.6 is 11.6 Å². The van der Waals surface area contributed by atoms with Gasteiger partial charge in [0, 0.05) is 17.8 Å². The van der Waals surface area contributed by atoms with Crippen molar-refractivity contribution in [3.63, 3.8) is 0 Å². The second-order valence-electron chi connectivity index (χ2n) is 4.22. The number of aliphatic hydroxyl groups excluding tert-OH is 1. The number of benzene rings is 1. The molecule has 4 heteroatoms. The molecule has 0 spiro atoms. The molecular weight excluding hydrogens is 212 g/mol. The molecule has 0 aromatic heterocycles. The maximum absolute atomic E-state index is 8.90. The smallest absolute Gasteiger partial charge is 0.0658 e. The fraction of sp³-hybridized carbons (Fsp3) is 0.455. The van der Waals surface area contributed by atoms with E-state index >= 15 is 0 Å². The average Bonchev–Trinajstić information content (AvgIpc) is 2.09. The fourth-order valence-corrected chi connectivity index (χ4v) is 1.58. The second kappa shape index (κ2) is 4.73. The summed E-state index contributed by atoms with van der Waals surface area (Å²) in [6.45, 7) is 4.17. The third kappa shape index (κ3) is 3.61. The molecule has 0 atom stereocenters. The summed E-state index contributed by atoms with van der Waals surface area (Å²) in [5, 5.41) is 12.8. The summed E-state index contributed by atoms with van der Waals surface area (Å²) >= 11 is 6.03. The van der Waals surface area contributed by atoms with Crippen molar-refractivity contribution in [1.29, 1.82) is 0 Å². The van der Waals surface area contributed by atoms with Gasteiger partial charge in [0.1, 0.15) is 0 Å². The zero-order chi connectivity index (χ0) is 11.5. The molecule has 3 nitrogen and oxygen atoms in total. The fourth-order valence-electron chi connectivity index (χ4n) is 1.34. The molecule has 0 unspecified atom stereocenters. The van der Waals surface area contributed by atoms with Crippen LogP contribution in [-0.2, 0) is 0 Å². The number of aliphatic hydroxyl groups is 1. The quantitative estimate of drug-likeness (QED) is 0.694. The molecule has 0 aliphatic rings. The van der Waals surface area contributed by atoms with Crippen molar-refractivity contribution in [2.45, 2.75) is 25.8 Å². The number of nitrogen functional groups attached to an aromatic ring is 1. The van der Waals surface area contributed by atoms with Crippen molar-refractivity contribution in [2.75, 3.05) is 17.7 Å². The SMILES string of the molecule is CC(C)(CCO)Nc1ccc(N)cc1Cl. The summed E-state index contributed by atoms with van der Waals surface area (Å²) in [4.78, 5) is 0. The molecule has 84 valence electrons. The number of anilines is 2. The number of rotatable bonds is 4. The third-order valence-corrected chi connectivity index (χ3v) is 2.52. The van der Waals surface area contributed by atoms with Gasteiger partial charge in [0.05, 0.1) is 10.7 Å². The van der Waals surface area contributed by atoms with Gasteiger partial charge < -0.3 is 16.2 Å². The molecule has 15 heavy (non-hydrogen) atoms. The summed E-state index contributed by atoms with van der Waals surface area (Å²) in [6.07, 6.45) is 0.660. The van der Waals surface area contributed by atoms with Crippen molar-refractivity contribution >= 4 is 23.0 Å². The molecule has 0 heterocycles. The third-order valence-electron chi connectivity index (χ3n) is 2.20. The molecular formula is C11H17ClN2O. The number of hydrogen-bond donors (Lipinski definition) is 3.